The average Bonchev–Trinajstić information content (AvgIpc) is 2.45. The van der Waals surface area contributed by atoms with Crippen LogP contribution in [0.25, 0.3) is 0 Å². The van der Waals surface area contributed by atoms with E-state index in [9.17, 15) is 22.4 Å². The Morgan fingerprint density at radius 2 is 1.73 bits per heavy atom. The number of nitrogens with one attached hydrogen (secondary N) is 1. The Morgan fingerprint density at radius 1 is 1.05 bits per heavy atom. The quantitative estimate of drug-likeness (QED) is 0.811. The molecule has 0 spiro atoms. The molecule has 0 radical (unpaired) electrons. The number of benzene rings is 2. The van der Waals surface area contributed by atoms with Crippen molar-refractivity contribution in [2.45, 2.75) is 12.3 Å². The van der Waals surface area contributed by atoms with Gasteiger partial charge < -0.3 is 10.1 Å². The van der Waals surface area contributed by atoms with Crippen LogP contribution in [0.2, 0.25) is 0 Å². The summed E-state index contributed by atoms with van der Waals surface area (Å²) >= 11 is 0. The molecule has 1 atom stereocenters. The van der Waals surface area contributed by atoms with Crippen LogP contribution >= 0.6 is 0 Å². The first kappa shape index (κ1) is 14.4. The maximum atomic E-state index is 13.1. The van der Waals surface area contributed by atoms with Crippen LogP contribution in [-0.4, -0.2) is 5.91 Å². The molecule has 114 valence electrons. The first-order chi connectivity index (χ1) is 10.3. The van der Waals surface area contributed by atoms with E-state index in [4.69, 9.17) is 4.74 Å². The number of ether oxygens (including phenoxy) is 1. The molecule has 0 fully saturated rings. The van der Waals surface area contributed by atoms with Crippen molar-refractivity contribution in [3.05, 3.63) is 59.4 Å². The highest BCUT2D eigenvalue weighted by atomic mass is 19.4. The summed E-state index contributed by atoms with van der Waals surface area (Å²) in [5, 5.41) is 2.47. The second kappa shape index (κ2) is 5.01. The minimum atomic E-state index is -4.45. The van der Waals surface area contributed by atoms with Gasteiger partial charge in [-0.1, -0.05) is 12.1 Å². The summed E-state index contributed by atoms with van der Waals surface area (Å²) in [5.41, 5.74) is -0.344. The van der Waals surface area contributed by atoms with Crippen LogP contribution in [0, 0.1) is 5.82 Å². The molecule has 1 amide bonds. The summed E-state index contributed by atoms with van der Waals surface area (Å²) in [6, 6.07) is 7.75. The number of hydrogen-bond donors (Lipinski definition) is 1. The normalized spacial score (nSPS) is 17.5. The van der Waals surface area contributed by atoms with E-state index in [1.807, 2.05) is 0 Å². The lowest BCUT2D eigenvalue weighted by atomic mass is 10.0. The fourth-order valence-electron chi connectivity index (χ4n) is 2.15. The highest BCUT2D eigenvalue weighted by Gasteiger charge is 2.32. The number of anilines is 1. The first-order valence-corrected chi connectivity index (χ1v) is 6.29. The zero-order chi connectivity index (χ0) is 15.9. The van der Waals surface area contributed by atoms with Crippen molar-refractivity contribution >= 4 is 11.6 Å². The predicted molar refractivity (Wildman–Crippen MR) is 69.8 cm³/mol. The van der Waals surface area contributed by atoms with Crippen LogP contribution in [-0.2, 0) is 11.0 Å². The summed E-state index contributed by atoms with van der Waals surface area (Å²) < 4.78 is 56.1. The Kier molecular flexibility index (Phi) is 3.27. The minimum absolute atomic E-state index is 0.188. The molecular weight excluding hydrogens is 302 g/mol. The molecule has 0 saturated carbocycles. The zero-order valence-corrected chi connectivity index (χ0v) is 10.9. The molecule has 0 saturated heterocycles. The number of halogens is 4. The molecule has 0 unspecified atom stereocenters. The minimum Gasteiger partial charge on any atom is -0.474 e. The lowest BCUT2D eigenvalue weighted by Crippen LogP contribution is -2.30. The molecule has 2 aromatic carbocycles. The van der Waals surface area contributed by atoms with Crippen LogP contribution in [0.15, 0.2) is 42.5 Å². The van der Waals surface area contributed by atoms with Crippen LogP contribution in [0.5, 0.6) is 5.75 Å². The van der Waals surface area contributed by atoms with Crippen LogP contribution in [0.1, 0.15) is 17.2 Å². The highest BCUT2D eigenvalue weighted by molar-refractivity contribution is 5.98. The van der Waals surface area contributed by atoms with Crippen molar-refractivity contribution in [2.75, 3.05) is 5.32 Å². The summed E-state index contributed by atoms with van der Waals surface area (Å²) in [7, 11) is 0. The zero-order valence-electron chi connectivity index (χ0n) is 10.9. The molecule has 3 nitrogen and oxygen atoms in total. The molecule has 1 aliphatic rings. The monoisotopic (exact) mass is 311 g/mol. The van der Waals surface area contributed by atoms with Crippen LogP contribution < -0.4 is 10.1 Å². The summed E-state index contributed by atoms with van der Waals surface area (Å²) in [6.07, 6.45) is -5.53. The molecule has 1 aliphatic heterocycles. The first-order valence-electron chi connectivity index (χ1n) is 6.29. The van der Waals surface area contributed by atoms with Gasteiger partial charge in [0.2, 0.25) is 6.10 Å². The molecule has 0 aliphatic carbocycles. The molecular formula is C15H9F4NO2. The van der Waals surface area contributed by atoms with E-state index in [2.05, 4.69) is 5.32 Å². The van der Waals surface area contributed by atoms with Crippen molar-refractivity contribution in [3.63, 3.8) is 0 Å². The molecule has 2 aromatic rings. The van der Waals surface area contributed by atoms with Crippen molar-refractivity contribution in [1.29, 1.82) is 0 Å². The van der Waals surface area contributed by atoms with Gasteiger partial charge in [0.1, 0.15) is 11.6 Å². The third-order valence-corrected chi connectivity index (χ3v) is 3.22. The number of rotatable bonds is 1. The van der Waals surface area contributed by atoms with E-state index < -0.39 is 29.6 Å². The van der Waals surface area contributed by atoms with E-state index in [0.29, 0.717) is 0 Å². The number of amides is 1. The molecule has 1 heterocycles. The second-order valence-corrected chi connectivity index (χ2v) is 4.75. The molecule has 3 rings (SSSR count). The maximum Gasteiger partial charge on any atom is 0.416 e. The van der Waals surface area contributed by atoms with Crippen molar-refractivity contribution in [1.82, 2.24) is 0 Å². The number of fused-ring (bicyclic) bond motifs is 1. The number of carbonyl (C=O) groups excluding carboxylic acids is 1. The van der Waals surface area contributed by atoms with E-state index in [-0.39, 0.29) is 17.0 Å². The van der Waals surface area contributed by atoms with E-state index in [1.165, 1.54) is 24.3 Å². The Labute approximate surface area is 122 Å². The molecule has 7 heteroatoms. The third kappa shape index (κ3) is 2.61. The van der Waals surface area contributed by atoms with Gasteiger partial charge >= 0.3 is 6.18 Å². The molecule has 0 aromatic heterocycles. The van der Waals surface area contributed by atoms with E-state index >= 15 is 0 Å². The fourth-order valence-corrected chi connectivity index (χ4v) is 2.15. The SMILES string of the molecule is O=C1Nc2cc(F)ccc2O[C@H]1c1ccc(C(F)(F)F)cc1. The molecule has 1 N–H and O–H groups in total. The van der Waals surface area contributed by atoms with Gasteiger partial charge in [0.25, 0.3) is 5.91 Å². The Balaban J connectivity index is 1.89. The third-order valence-electron chi connectivity index (χ3n) is 3.22. The number of hydrogen-bond acceptors (Lipinski definition) is 2. The predicted octanol–water partition coefficient (Wildman–Crippen LogP) is 3.92. The summed E-state index contributed by atoms with van der Waals surface area (Å²) in [6.45, 7) is 0. The van der Waals surface area contributed by atoms with E-state index in [0.717, 1.165) is 18.2 Å². The molecule has 0 bridgehead atoms. The van der Waals surface area contributed by atoms with Crippen LogP contribution in [0.4, 0.5) is 23.2 Å². The smallest absolute Gasteiger partial charge is 0.416 e. The van der Waals surface area contributed by atoms with Gasteiger partial charge in [-0.25, -0.2) is 4.39 Å². The summed E-state index contributed by atoms with van der Waals surface area (Å²) in [4.78, 5) is 12.0. The van der Waals surface area contributed by atoms with E-state index in [1.54, 1.807) is 0 Å². The standard InChI is InChI=1S/C15H9F4NO2/c16-10-5-6-12-11(7-10)20-14(21)13(22-12)8-1-3-9(4-2-8)15(17,18)19/h1-7,13H,(H,20,21)/t13-/m0/s1. The van der Waals surface area contributed by atoms with Crippen molar-refractivity contribution in [3.8, 4) is 5.75 Å². The fraction of sp³-hybridized carbons (Fsp3) is 0.133. The van der Waals surface area contributed by atoms with Crippen LogP contribution in [0.3, 0.4) is 0 Å². The lowest BCUT2D eigenvalue weighted by Gasteiger charge is -2.26. The topological polar surface area (TPSA) is 38.3 Å². The van der Waals surface area contributed by atoms with Crippen molar-refractivity contribution < 1.29 is 27.1 Å². The largest absolute Gasteiger partial charge is 0.474 e. The summed E-state index contributed by atoms with van der Waals surface area (Å²) in [5.74, 6) is -0.848. The highest BCUT2D eigenvalue weighted by Crippen LogP contribution is 2.36. The molecule has 22 heavy (non-hydrogen) atoms. The van der Waals surface area contributed by atoms with Gasteiger partial charge in [0, 0.05) is 11.6 Å². The van der Waals surface area contributed by atoms with Gasteiger partial charge in [0.15, 0.2) is 0 Å². The van der Waals surface area contributed by atoms with Gasteiger partial charge in [-0.2, -0.15) is 13.2 Å². The number of carbonyl (C=O) groups is 1. The number of alkyl halides is 3. The Morgan fingerprint density at radius 3 is 2.36 bits per heavy atom. The van der Waals surface area contributed by atoms with Gasteiger partial charge in [-0.15, -0.1) is 0 Å². The Bertz CT molecular complexity index is 725. The average molecular weight is 311 g/mol. The lowest BCUT2D eigenvalue weighted by molar-refractivity contribution is -0.137. The van der Waals surface area contributed by atoms with Gasteiger partial charge in [-0.05, 0) is 24.3 Å². The second-order valence-electron chi connectivity index (χ2n) is 4.75. The van der Waals surface area contributed by atoms with Gasteiger partial charge in [-0.3, -0.25) is 4.79 Å². The Hall–Kier alpha value is -2.57. The van der Waals surface area contributed by atoms with Gasteiger partial charge in [0.05, 0.1) is 11.3 Å². The van der Waals surface area contributed by atoms with Crippen molar-refractivity contribution in [2.24, 2.45) is 0 Å². The maximum absolute atomic E-state index is 13.1.